The summed E-state index contributed by atoms with van der Waals surface area (Å²) in [5.41, 5.74) is 4.10. The average Bonchev–Trinajstić information content (AvgIpc) is 2.46. The van der Waals surface area contributed by atoms with Gasteiger partial charge in [0.25, 0.3) is 0 Å². The van der Waals surface area contributed by atoms with Crippen molar-refractivity contribution in [3.8, 4) is 0 Å². The second-order valence-corrected chi connectivity index (χ2v) is 5.84. The molecule has 0 fully saturated rings. The standard InChI is InChI=1S/C17H18BrF2N/c1-4-21-17(12-7-5-6-10(2)11(12)3)13-8-9-14(19)16(20)15(13)18/h5-9,17,21H,4H2,1-3H3. The molecular formula is C17H18BrF2N. The number of rotatable bonds is 4. The number of halogens is 3. The summed E-state index contributed by atoms with van der Waals surface area (Å²) in [6, 6.07) is 8.66. The van der Waals surface area contributed by atoms with Crippen molar-refractivity contribution >= 4 is 15.9 Å². The molecule has 0 saturated heterocycles. The van der Waals surface area contributed by atoms with Crippen LogP contribution in [0.3, 0.4) is 0 Å². The third-order valence-electron chi connectivity index (χ3n) is 3.74. The maximum absolute atomic E-state index is 13.8. The van der Waals surface area contributed by atoms with E-state index in [0.717, 1.165) is 17.7 Å². The maximum atomic E-state index is 13.8. The Morgan fingerprint density at radius 3 is 2.48 bits per heavy atom. The highest BCUT2D eigenvalue weighted by atomic mass is 79.9. The fraction of sp³-hybridized carbons (Fsp3) is 0.294. The van der Waals surface area contributed by atoms with Gasteiger partial charge in [0.05, 0.1) is 10.5 Å². The normalized spacial score (nSPS) is 12.5. The predicted octanol–water partition coefficient (Wildman–Crippen LogP) is 5.04. The first kappa shape index (κ1) is 16.1. The van der Waals surface area contributed by atoms with Crippen molar-refractivity contribution in [1.82, 2.24) is 5.32 Å². The van der Waals surface area contributed by atoms with E-state index >= 15 is 0 Å². The van der Waals surface area contributed by atoms with E-state index < -0.39 is 11.6 Å². The number of hydrogen-bond acceptors (Lipinski definition) is 1. The highest BCUT2D eigenvalue weighted by molar-refractivity contribution is 9.10. The molecule has 21 heavy (non-hydrogen) atoms. The van der Waals surface area contributed by atoms with Crippen LogP contribution in [0.2, 0.25) is 0 Å². The molecular weight excluding hydrogens is 336 g/mol. The minimum absolute atomic E-state index is 0.175. The van der Waals surface area contributed by atoms with Crippen molar-refractivity contribution in [2.75, 3.05) is 6.54 Å². The summed E-state index contributed by atoms with van der Waals surface area (Å²) < 4.78 is 27.3. The molecule has 2 aromatic rings. The molecule has 0 aliphatic carbocycles. The van der Waals surface area contributed by atoms with Gasteiger partial charge in [-0.15, -0.1) is 0 Å². The highest BCUT2D eigenvalue weighted by Gasteiger charge is 2.21. The lowest BCUT2D eigenvalue weighted by atomic mass is 9.92. The highest BCUT2D eigenvalue weighted by Crippen LogP contribution is 2.33. The molecule has 1 N–H and O–H groups in total. The maximum Gasteiger partial charge on any atom is 0.173 e. The summed E-state index contributed by atoms with van der Waals surface area (Å²) in [4.78, 5) is 0. The summed E-state index contributed by atoms with van der Waals surface area (Å²) in [6.07, 6.45) is 0. The molecule has 0 aromatic heterocycles. The Kier molecular flexibility index (Phi) is 5.12. The Labute approximate surface area is 132 Å². The zero-order chi connectivity index (χ0) is 15.6. The van der Waals surface area contributed by atoms with Crippen molar-refractivity contribution < 1.29 is 8.78 Å². The van der Waals surface area contributed by atoms with Crippen LogP contribution in [0.4, 0.5) is 8.78 Å². The van der Waals surface area contributed by atoms with E-state index in [1.54, 1.807) is 6.07 Å². The van der Waals surface area contributed by atoms with Gasteiger partial charge in [-0.05, 0) is 64.6 Å². The lowest BCUT2D eigenvalue weighted by Crippen LogP contribution is -2.23. The molecule has 0 aliphatic heterocycles. The Bertz CT molecular complexity index is 655. The number of hydrogen-bond donors (Lipinski definition) is 1. The van der Waals surface area contributed by atoms with E-state index in [4.69, 9.17) is 0 Å². The van der Waals surface area contributed by atoms with Gasteiger partial charge < -0.3 is 5.32 Å². The summed E-state index contributed by atoms with van der Waals surface area (Å²) in [6.45, 7) is 6.81. The fourth-order valence-corrected chi connectivity index (χ4v) is 2.99. The summed E-state index contributed by atoms with van der Waals surface area (Å²) >= 11 is 3.19. The van der Waals surface area contributed by atoms with E-state index in [1.807, 2.05) is 39.0 Å². The van der Waals surface area contributed by atoms with Gasteiger partial charge in [0.2, 0.25) is 0 Å². The van der Waals surface area contributed by atoms with Crippen LogP contribution in [0.25, 0.3) is 0 Å². The zero-order valence-corrected chi connectivity index (χ0v) is 13.9. The largest absolute Gasteiger partial charge is 0.306 e. The van der Waals surface area contributed by atoms with Gasteiger partial charge in [0.15, 0.2) is 11.6 Å². The molecule has 1 atom stereocenters. The molecule has 1 nitrogen and oxygen atoms in total. The van der Waals surface area contributed by atoms with Gasteiger partial charge in [-0.3, -0.25) is 0 Å². The third-order valence-corrected chi connectivity index (χ3v) is 4.55. The molecule has 1 unspecified atom stereocenters. The number of aryl methyl sites for hydroxylation is 1. The summed E-state index contributed by atoms with van der Waals surface area (Å²) in [5, 5.41) is 3.35. The molecule has 0 spiro atoms. The Morgan fingerprint density at radius 2 is 1.81 bits per heavy atom. The van der Waals surface area contributed by atoms with E-state index in [9.17, 15) is 8.78 Å². The van der Waals surface area contributed by atoms with E-state index in [1.165, 1.54) is 11.6 Å². The quantitative estimate of drug-likeness (QED) is 0.759. The van der Waals surface area contributed by atoms with Crippen molar-refractivity contribution in [2.45, 2.75) is 26.8 Å². The minimum Gasteiger partial charge on any atom is -0.306 e. The van der Waals surface area contributed by atoms with Crippen LogP contribution in [-0.2, 0) is 0 Å². The topological polar surface area (TPSA) is 12.0 Å². The van der Waals surface area contributed by atoms with Crippen molar-refractivity contribution in [3.05, 3.63) is 68.7 Å². The molecule has 2 aromatic carbocycles. The lowest BCUT2D eigenvalue weighted by Gasteiger charge is -2.23. The van der Waals surface area contributed by atoms with Crippen LogP contribution in [0.5, 0.6) is 0 Å². The van der Waals surface area contributed by atoms with E-state index in [-0.39, 0.29) is 10.5 Å². The van der Waals surface area contributed by atoms with Crippen LogP contribution >= 0.6 is 15.9 Å². The molecule has 2 rings (SSSR count). The smallest absolute Gasteiger partial charge is 0.173 e. The molecule has 0 aliphatic rings. The monoisotopic (exact) mass is 353 g/mol. The average molecular weight is 354 g/mol. The SMILES string of the molecule is CCNC(c1cccc(C)c1C)c1ccc(F)c(F)c1Br. The van der Waals surface area contributed by atoms with Gasteiger partial charge in [-0.2, -0.15) is 0 Å². The Morgan fingerprint density at radius 1 is 1.10 bits per heavy atom. The lowest BCUT2D eigenvalue weighted by molar-refractivity contribution is 0.498. The van der Waals surface area contributed by atoms with Crippen LogP contribution in [0, 0.1) is 25.5 Å². The van der Waals surface area contributed by atoms with Gasteiger partial charge >= 0.3 is 0 Å². The van der Waals surface area contributed by atoms with Gasteiger partial charge in [0.1, 0.15) is 0 Å². The minimum atomic E-state index is -0.847. The predicted molar refractivity (Wildman–Crippen MR) is 85.5 cm³/mol. The molecule has 112 valence electrons. The van der Waals surface area contributed by atoms with Crippen LogP contribution in [0.1, 0.15) is 35.2 Å². The van der Waals surface area contributed by atoms with Crippen molar-refractivity contribution in [3.63, 3.8) is 0 Å². The molecule has 0 saturated carbocycles. The van der Waals surface area contributed by atoms with E-state index in [2.05, 4.69) is 21.2 Å². The first-order valence-corrected chi connectivity index (χ1v) is 7.69. The third kappa shape index (κ3) is 3.16. The second-order valence-electron chi connectivity index (χ2n) is 5.04. The molecule has 0 amide bonds. The van der Waals surface area contributed by atoms with Crippen molar-refractivity contribution in [1.29, 1.82) is 0 Å². The van der Waals surface area contributed by atoms with Crippen LogP contribution < -0.4 is 5.32 Å². The zero-order valence-electron chi connectivity index (χ0n) is 12.3. The Balaban J connectivity index is 2.59. The van der Waals surface area contributed by atoms with E-state index in [0.29, 0.717) is 5.56 Å². The van der Waals surface area contributed by atoms with Gasteiger partial charge in [-0.1, -0.05) is 31.2 Å². The van der Waals surface area contributed by atoms with Crippen molar-refractivity contribution in [2.24, 2.45) is 0 Å². The van der Waals surface area contributed by atoms with Gasteiger partial charge in [-0.25, -0.2) is 8.78 Å². The molecule has 4 heteroatoms. The second kappa shape index (κ2) is 6.67. The molecule has 0 bridgehead atoms. The first-order chi connectivity index (χ1) is 9.97. The Hall–Kier alpha value is -1.26. The first-order valence-electron chi connectivity index (χ1n) is 6.90. The van der Waals surface area contributed by atoms with Crippen LogP contribution in [-0.4, -0.2) is 6.54 Å². The summed E-state index contributed by atoms with van der Waals surface area (Å²) in [5.74, 6) is -1.69. The fourth-order valence-electron chi connectivity index (χ4n) is 2.44. The number of benzene rings is 2. The molecule has 0 radical (unpaired) electrons. The molecule has 0 heterocycles. The summed E-state index contributed by atoms with van der Waals surface area (Å²) in [7, 11) is 0. The number of nitrogens with one attached hydrogen (secondary N) is 1. The van der Waals surface area contributed by atoms with Crippen LogP contribution in [0.15, 0.2) is 34.8 Å². The van der Waals surface area contributed by atoms with Gasteiger partial charge in [0, 0.05) is 0 Å².